The normalized spacial score (nSPS) is 7.26. The summed E-state index contributed by atoms with van der Waals surface area (Å²) in [4.78, 5) is 0. The van der Waals surface area contributed by atoms with Crippen molar-refractivity contribution < 1.29 is 21.7 Å². The van der Waals surface area contributed by atoms with E-state index in [2.05, 4.69) is 57.3 Å². The molecule has 0 spiro atoms. The molecule has 2 heteroatoms. The predicted molar refractivity (Wildman–Crippen MR) is 88.0 cm³/mol. The maximum absolute atomic E-state index is 3.36. The zero-order chi connectivity index (χ0) is 11.3. The van der Waals surface area contributed by atoms with E-state index in [9.17, 15) is 0 Å². The van der Waals surface area contributed by atoms with Crippen molar-refractivity contribution in [3.63, 3.8) is 0 Å². The van der Waals surface area contributed by atoms with Crippen LogP contribution in [0.1, 0.15) is 11.1 Å². The van der Waals surface area contributed by atoms with Crippen LogP contribution in [-0.4, -0.2) is 11.0 Å². The van der Waals surface area contributed by atoms with Crippen LogP contribution in [0.5, 0.6) is 0 Å². The van der Waals surface area contributed by atoms with E-state index in [-0.39, 0.29) is 47.5 Å². The molecule has 0 saturated carbocycles. The molecule has 2 rings (SSSR count). The Balaban J connectivity index is -0.000000127. The summed E-state index contributed by atoms with van der Waals surface area (Å²) in [5.41, 5.74) is 2.81. The third kappa shape index (κ3) is 7.41. The largest absolute Gasteiger partial charge is 3.00 e. The van der Waals surface area contributed by atoms with Crippen LogP contribution in [-0.2, 0) is 21.7 Å². The van der Waals surface area contributed by atoms with Gasteiger partial charge in [0.1, 0.15) is 0 Å². The summed E-state index contributed by atoms with van der Waals surface area (Å²) >= 11 is 0. The first-order chi connectivity index (χ1) is 7.20. The molecule has 0 fully saturated rings. The van der Waals surface area contributed by atoms with Crippen LogP contribution >= 0.6 is 0 Å². The minimum atomic E-state index is 0. The maximum atomic E-state index is 3.36. The first kappa shape index (κ1) is 26.7. The zero-order valence-corrected chi connectivity index (χ0v) is 15.0. The molecule has 99 valence electrons. The number of allylic oxidation sites excluding steroid dienone is 2. The fourth-order valence-corrected chi connectivity index (χ4v) is 1.52. The Morgan fingerprint density at radius 2 is 1.47 bits per heavy atom. The van der Waals surface area contributed by atoms with E-state index in [0.717, 1.165) is 0 Å². The van der Waals surface area contributed by atoms with Crippen LogP contribution in [0.25, 0.3) is 10.8 Å². The van der Waals surface area contributed by atoms with E-state index in [1.54, 1.807) is 12.2 Å². The van der Waals surface area contributed by atoms with Gasteiger partial charge in [-0.1, -0.05) is 45.2 Å². The van der Waals surface area contributed by atoms with E-state index in [1.165, 1.54) is 21.9 Å². The molecule has 0 bridgehead atoms. The first-order valence-electron chi connectivity index (χ1n) is 5.05. The fraction of sp³-hybridized carbons (Fsp3) is 0.118. The molecule has 0 heterocycles. The Labute approximate surface area is 138 Å². The second-order valence-corrected chi connectivity index (χ2v) is 3.51. The second-order valence-electron chi connectivity index (χ2n) is 3.51. The van der Waals surface area contributed by atoms with Crippen molar-refractivity contribution in [2.24, 2.45) is 0 Å². The van der Waals surface area contributed by atoms with Crippen LogP contribution in [0.2, 0.25) is 0 Å². The fourth-order valence-electron chi connectivity index (χ4n) is 1.52. The molecule has 0 amide bonds. The molecule has 0 atom stereocenters. The van der Waals surface area contributed by atoms with Gasteiger partial charge in [-0.2, -0.15) is 5.56 Å². The van der Waals surface area contributed by atoms with E-state index in [4.69, 9.17) is 0 Å². The summed E-state index contributed by atoms with van der Waals surface area (Å²) in [6, 6.07) is 10.8. The molecule has 5 radical (unpaired) electrons. The quantitative estimate of drug-likeness (QED) is 0.393. The molecular weight excluding hydrogens is 280 g/mol. The van der Waals surface area contributed by atoms with Gasteiger partial charge in [0.2, 0.25) is 0 Å². The van der Waals surface area contributed by atoms with Crippen LogP contribution in [0.15, 0.2) is 55.6 Å². The Bertz CT molecular complexity index is 463. The van der Waals surface area contributed by atoms with Crippen molar-refractivity contribution in [3.05, 3.63) is 81.6 Å². The van der Waals surface area contributed by atoms with Gasteiger partial charge < -0.3 is 14.9 Å². The molecule has 0 aliphatic heterocycles. The summed E-state index contributed by atoms with van der Waals surface area (Å²) in [6.07, 6.45) is 3.28. The monoisotopic (exact) mass is 303 g/mol. The third-order valence-electron chi connectivity index (χ3n) is 2.49. The molecule has 19 heavy (non-hydrogen) atoms. The van der Waals surface area contributed by atoms with Gasteiger partial charge in [0.25, 0.3) is 0 Å². The average molecular weight is 303 g/mol. The molecule has 0 aliphatic rings. The van der Waals surface area contributed by atoms with Gasteiger partial charge >= 0.3 is 21.7 Å². The molecular formula is C17H23SiTi. The number of hydrogen-bond acceptors (Lipinski definition) is 0. The van der Waals surface area contributed by atoms with Crippen molar-refractivity contribution >= 4 is 21.7 Å². The molecule has 0 N–H and O–H groups in total. The van der Waals surface area contributed by atoms with Crippen LogP contribution in [0.4, 0.5) is 0 Å². The topological polar surface area (TPSA) is 0 Å². The van der Waals surface area contributed by atoms with E-state index in [0.29, 0.717) is 0 Å². The van der Waals surface area contributed by atoms with Crippen molar-refractivity contribution in [1.82, 2.24) is 0 Å². The van der Waals surface area contributed by atoms with Gasteiger partial charge in [-0.3, -0.25) is 0 Å². The predicted octanol–water partition coefficient (Wildman–Crippen LogP) is 5.05. The number of hydrogen-bond donors (Lipinski definition) is 0. The number of aryl methyl sites for hydroxylation is 2. The van der Waals surface area contributed by atoms with Crippen molar-refractivity contribution in [1.29, 1.82) is 0 Å². The van der Waals surface area contributed by atoms with Crippen molar-refractivity contribution in [2.75, 3.05) is 0 Å². The van der Waals surface area contributed by atoms with E-state index >= 15 is 0 Å². The standard InChI is InChI=1S/C11H11.C4H6.2CH3.Si.Ti/c1-8-7-10-5-3-4-6-11(10)9(8)2;1-3-4-2;;;;/h3-7H,1-2H3;3-4H,1-2H2;2*1H3;;/q-1;;2*-1;;+3. The van der Waals surface area contributed by atoms with Crippen LogP contribution < -0.4 is 0 Å². The molecule has 0 aliphatic carbocycles. The Kier molecular flexibility index (Phi) is 19.2. The van der Waals surface area contributed by atoms with Gasteiger partial charge in [-0.05, 0) is 0 Å². The maximum Gasteiger partial charge on any atom is 3.00 e. The smallest absolute Gasteiger partial charge is 0.358 e. The van der Waals surface area contributed by atoms with Crippen molar-refractivity contribution in [3.8, 4) is 0 Å². The second kappa shape index (κ2) is 13.7. The molecule has 0 aromatic heterocycles. The summed E-state index contributed by atoms with van der Waals surface area (Å²) in [6.45, 7) is 11.1. The van der Waals surface area contributed by atoms with Gasteiger partial charge in [-0.15, -0.1) is 40.6 Å². The van der Waals surface area contributed by atoms with E-state index in [1.807, 2.05) is 0 Å². The summed E-state index contributed by atoms with van der Waals surface area (Å²) in [5.74, 6) is 0. The molecule has 0 nitrogen and oxygen atoms in total. The third-order valence-corrected chi connectivity index (χ3v) is 2.49. The Morgan fingerprint density at radius 1 is 1.00 bits per heavy atom. The van der Waals surface area contributed by atoms with Gasteiger partial charge in [0.05, 0.1) is 0 Å². The zero-order valence-electron chi connectivity index (χ0n) is 12.5. The van der Waals surface area contributed by atoms with Gasteiger partial charge in [-0.25, -0.2) is 0 Å². The van der Waals surface area contributed by atoms with Crippen molar-refractivity contribution in [2.45, 2.75) is 13.8 Å². The summed E-state index contributed by atoms with van der Waals surface area (Å²) < 4.78 is 0. The average Bonchev–Trinajstić information content (AvgIpc) is 2.56. The number of benzene rings is 1. The van der Waals surface area contributed by atoms with Gasteiger partial charge in [0.15, 0.2) is 0 Å². The summed E-state index contributed by atoms with van der Waals surface area (Å²) in [7, 11) is 0. The number of fused-ring (bicyclic) bond motifs is 1. The minimum Gasteiger partial charge on any atom is -0.358 e. The molecule has 2 aromatic rings. The summed E-state index contributed by atoms with van der Waals surface area (Å²) in [5, 5.41) is 2.76. The van der Waals surface area contributed by atoms with Gasteiger partial charge in [0, 0.05) is 11.0 Å². The SMILES string of the molecule is C=CC=C.Cc1[cH-]c2ccccc2c1C.[CH3-].[CH3-].[Si].[Ti+3]. The Morgan fingerprint density at radius 3 is 1.89 bits per heavy atom. The number of rotatable bonds is 1. The molecule has 0 unspecified atom stereocenters. The molecule has 0 saturated heterocycles. The van der Waals surface area contributed by atoms with Crippen LogP contribution in [0, 0.1) is 28.7 Å². The Hall–Kier alpha value is -0.759. The van der Waals surface area contributed by atoms with Crippen LogP contribution in [0.3, 0.4) is 0 Å². The van der Waals surface area contributed by atoms with E-state index < -0.39 is 0 Å². The minimum absolute atomic E-state index is 0. The first-order valence-corrected chi connectivity index (χ1v) is 5.05. The molecule has 2 aromatic carbocycles.